The molecule has 33 heavy (non-hydrogen) atoms. The van der Waals surface area contributed by atoms with Gasteiger partial charge in [0.05, 0.1) is 23.4 Å². The molecule has 0 spiro atoms. The number of thiophene rings is 1. The molecule has 0 unspecified atom stereocenters. The van der Waals surface area contributed by atoms with Crippen molar-refractivity contribution in [2.45, 2.75) is 26.8 Å². The number of fused-ring (bicyclic) bond motifs is 2. The minimum Gasteiger partial charge on any atom is -0.450 e. The first kappa shape index (κ1) is 21.6. The van der Waals surface area contributed by atoms with Crippen LogP contribution in [0.5, 0.6) is 0 Å². The summed E-state index contributed by atoms with van der Waals surface area (Å²) < 4.78 is 7.97. The van der Waals surface area contributed by atoms with Crippen LogP contribution in [0.3, 0.4) is 0 Å². The molecule has 0 bridgehead atoms. The number of amides is 2. The van der Waals surface area contributed by atoms with E-state index < -0.39 is 0 Å². The second-order valence-corrected chi connectivity index (χ2v) is 9.95. The highest BCUT2D eigenvalue weighted by Crippen LogP contribution is 2.45. The number of nitrogens with one attached hydrogen (secondary N) is 1. The van der Waals surface area contributed by atoms with Crippen LogP contribution in [0.15, 0.2) is 30.3 Å². The molecule has 0 aliphatic carbocycles. The zero-order valence-corrected chi connectivity index (χ0v) is 20.2. The van der Waals surface area contributed by atoms with Gasteiger partial charge in [0, 0.05) is 29.7 Å². The summed E-state index contributed by atoms with van der Waals surface area (Å²) in [5, 5.41) is 8.98. The van der Waals surface area contributed by atoms with Crippen LogP contribution in [0.25, 0.3) is 20.8 Å². The van der Waals surface area contributed by atoms with Crippen molar-refractivity contribution >= 4 is 49.9 Å². The molecule has 0 fully saturated rings. The maximum absolute atomic E-state index is 13.0. The Morgan fingerprint density at radius 3 is 2.79 bits per heavy atom. The second kappa shape index (κ2) is 8.60. The number of carbonyl (C=O) groups is 2. The number of para-hydroxylation sites is 1. The molecule has 1 aliphatic heterocycles. The number of hydrogen-bond acceptors (Lipinski definition) is 7. The summed E-state index contributed by atoms with van der Waals surface area (Å²) in [6.45, 7) is 5.07. The third kappa shape index (κ3) is 4.00. The predicted octanol–water partition coefficient (Wildman–Crippen LogP) is 4.83. The smallest absolute Gasteiger partial charge is 0.410 e. The average Bonchev–Trinajstić information content (AvgIpc) is 3.47. The minimum absolute atomic E-state index is 0.262. The zero-order chi connectivity index (χ0) is 23.1. The molecule has 4 aromatic rings. The van der Waals surface area contributed by atoms with Gasteiger partial charge >= 0.3 is 6.09 Å². The quantitative estimate of drug-likeness (QED) is 0.451. The summed E-state index contributed by atoms with van der Waals surface area (Å²) >= 11 is 3.10. The van der Waals surface area contributed by atoms with Gasteiger partial charge in [0.15, 0.2) is 5.69 Å². The maximum Gasteiger partial charge on any atom is 0.410 e. The van der Waals surface area contributed by atoms with Gasteiger partial charge in [-0.15, -0.1) is 22.7 Å². The highest BCUT2D eigenvalue weighted by atomic mass is 32.1. The van der Waals surface area contributed by atoms with Gasteiger partial charge in [-0.3, -0.25) is 9.48 Å². The third-order valence-electron chi connectivity index (χ3n) is 5.66. The number of anilines is 1. The van der Waals surface area contributed by atoms with Gasteiger partial charge in [-0.05, 0) is 44.0 Å². The lowest BCUT2D eigenvalue weighted by Gasteiger charge is -2.26. The fourth-order valence-corrected chi connectivity index (χ4v) is 6.28. The highest BCUT2D eigenvalue weighted by molar-refractivity contribution is 7.23. The van der Waals surface area contributed by atoms with Crippen LogP contribution in [0.2, 0.25) is 0 Å². The summed E-state index contributed by atoms with van der Waals surface area (Å²) in [6.07, 6.45) is 0.363. The number of hydrogen-bond donors (Lipinski definition) is 1. The van der Waals surface area contributed by atoms with Crippen molar-refractivity contribution in [1.82, 2.24) is 19.7 Å². The molecule has 0 radical (unpaired) electrons. The van der Waals surface area contributed by atoms with E-state index >= 15 is 0 Å². The molecule has 5 rings (SSSR count). The van der Waals surface area contributed by atoms with E-state index in [4.69, 9.17) is 9.72 Å². The summed E-state index contributed by atoms with van der Waals surface area (Å²) in [4.78, 5) is 32.9. The van der Waals surface area contributed by atoms with Crippen LogP contribution in [-0.2, 0) is 24.8 Å². The maximum atomic E-state index is 13.0. The number of thiazole rings is 1. The molecule has 8 nitrogen and oxygen atoms in total. The molecule has 1 N–H and O–H groups in total. The Morgan fingerprint density at radius 2 is 2.06 bits per heavy atom. The Balaban J connectivity index is 1.55. The van der Waals surface area contributed by atoms with Crippen molar-refractivity contribution in [1.29, 1.82) is 0 Å². The zero-order valence-electron chi connectivity index (χ0n) is 18.5. The molecular weight excluding hydrogens is 458 g/mol. The topological polar surface area (TPSA) is 89.4 Å². The Bertz CT molecular complexity index is 1320. The van der Waals surface area contributed by atoms with Crippen molar-refractivity contribution in [2.24, 2.45) is 7.05 Å². The van der Waals surface area contributed by atoms with Crippen LogP contribution in [-0.4, -0.2) is 44.8 Å². The van der Waals surface area contributed by atoms with E-state index in [1.807, 2.05) is 38.2 Å². The van der Waals surface area contributed by atoms with Crippen LogP contribution in [0.1, 0.15) is 33.5 Å². The van der Waals surface area contributed by atoms with E-state index in [0.29, 0.717) is 31.8 Å². The molecule has 4 heterocycles. The second-order valence-electron chi connectivity index (χ2n) is 7.81. The molecule has 3 aromatic heterocycles. The molecule has 1 aromatic carbocycles. The van der Waals surface area contributed by atoms with Gasteiger partial charge in [0.25, 0.3) is 5.91 Å². The first-order valence-electron chi connectivity index (χ1n) is 10.7. The summed E-state index contributed by atoms with van der Waals surface area (Å²) in [5.74, 6) is -0.262. The highest BCUT2D eigenvalue weighted by Gasteiger charge is 2.30. The SMILES string of the molecule is CCOC(=O)N1CCc2c(sc(NC(=O)c3cc(C)n(C)n3)c2-c2nc3ccccc3s2)C1. The molecule has 2 amide bonds. The summed E-state index contributed by atoms with van der Waals surface area (Å²) in [5.41, 5.74) is 4.28. The first-order valence-corrected chi connectivity index (χ1v) is 12.3. The van der Waals surface area contributed by atoms with Gasteiger partial charge in [0.1, 0.15) is 10.0 Å². The van der Waals surface area contributed by atoms with Crippen LogP contribution in [0, 0.1) is 6.92 Å². The van der Waals surface area contributed by atoms with Gasteiger partial charge in [-0.1, -0.05) is 12.1 Å². The van der Waals surface area contributed by atoms with Gasteiger partial charge in [-0.25, -0.2) is 9.78 Å². The Labute approximate surface area is 198 Å². The van der Waals surface area contributed by atoms with E-state index in [0.717, 1.165) is 41.9 Å². The fourth-order valence-electron chi connectivity index (χ4n) is 3.91. The van der Waals surface area contributed by atoms with Gasteiger partial charge in [0.2, 0.25) is 0 Å². The normalized spacial score (nSPS) is 13.2. The molecule has 0 saturated heterocycles. The van der Waals surface area contributed by atoms with E-state index in [1.54, 1.807) is 33.9 Å². The van der Waals surface area contributed by atoms with Crippen LogP contribution in [0.4, 0.5) is 9.80 Å². The van der Waals surface area contributed by atoms with Crippen LogP contribution >= 0.6 is 22.7 Å². The van der Waals surface area contributed by atoms with Crippen molar-refractivity contribution < 1.29 is 14.3 Å². The van der Waals surface area contributed by atoms with Crippen LogP contribution < -0.4 is 5.32 Å². The molecule has 0 saturated carbocycles. The number of carbonyl (C=O) groups excluding carboxylic acids is 2. The lowest BCUT2D eigenvalue weighted by atomic mass is 10.0. The van der Waals surface area contributed by atoms with Crippen molar-refractivity contribution in [3.63, 3.8) is 0 Å². The summed E-state index contributed by atoms with van der Waals surface area (Å²) in [7, 11) is 1.81. The Kier molecular flexibility index (Phi) is 5.63. The van der Waals surface area contributed by atoms with Crippen molar-refractivity contribution in [2.75, 3.05) is 18.5 Å². The molecule has 170 valence electrons. The van der Waals surface area contributed by atoms with Crippen molar-refractivity contribution in [3.05, 3.63) is 52.2 Å². The summed E-state index contributed by atoms with van der Waals surface area (Å²) in [6, 6.07) is 9.77. The standard InChI is InChI=1S/C23H23N5O3S2/c1-4-31-23(30)28-10-9-14-18(12-28)33-22(25-20(29)16-11-13(2)27(3)26-16)19(14)21-24-15-7-5-6-8-17(15)32-21/h5-8,11H,4,9-10,12H2,1-3H3,(H,25,29). The fraction of sp³-hybridized carbons (Fsp3) is 0.304. The number of nitrogens with zero attached hydrogens (tertiary/aromatic N) is 4. The van der Waals surface area contributed by atoms with Gasteiger partial charge in [-0.2, -0.15) is 5.10 Å². The number of rotatable bonds is 4. The predicted molar refractivity (Wildman–Crippen MR) is 130 cm³/mol. The average molecular weight is 482 g/mol. The van der Waals surface area contributed by atoms with E-state index in [9.17, 15) is 9.59 Å². The van der Waals surface area contributed by atoms with E-state index in [2.05, 4.69) is 10.4 Å². The molecule has 1 aliphatic rings. The molecule has 10 heteroatoms. The van der Waals surface area contributed by atoms with E-state index in [1.165, 1.54) is 11.3 Å². The first-order chi connectivity index (χ1) is 15.9. The number of aryl methyl sites for hydroxylation is 2. The number of ether oxygens (including phenoxy) is 1. The van der Waals surface area contributed by atoms with Crippen molar-refractivity contribution in [3.8, 4) is 10.6 Å². The largest absolute Gasteiger partial charge is 0.450 e. The van der Waals surface area contributed by atoms with Gasteiger partial charge < -0.3 is 15.0 Å². The molecule has 0 atom stereocenters. The Morgan fingerprint density at radius 1 is 1.24 bits per heavy atom. The Hall–Kier alpha value is -3.24. The lowest BCUT2D eigenvalue weighted by molar-refractivity contribution is 0.101. The molecular formula is C23H23N5O3S2. The number of aromatic nitrogens is 3. The monoisotopic (exact) mass is 481 g/mol. The number of benzene rings is 1. The third-order valence-corrected chi connectivity index (χ3v) is 7.85. The lowest BCUT2D eigenvalue weighted by Crippen LogP contribution is -2.35. The minimum atomic E-state index is -0.312. The van der Waals surface area contributed by atoms with E-state index in [-0.39, 0.29) is 12.0 Å².